The van der Waals surface area contributed by atoms with E-state index >= 15 is 0 Å². The summed E-state index contributed by atoms with van der Waals surface area (Å²) in [4.78, 5) is 153. The number of carbonyl (C=O) groups is 11. The Kier molecular flexibility index (Phi) is 30.0. The van der Waals surface area contributed by atoms with Crippen LogP contribution in [0.2, 0.25) is 0 Å². The Labute approximate surface area is 437 Å². The van der Waals surface area contributed by atoms with Crippen molar-refractivity contribution in [2.75, 3.05) is 37.7 Å². The predicted molar refractivity (Wildman–Crippen MR) is 277 cm³/mol. The first-order valence-electron chi connectivity index (χ1n) is 24.0. The number of aliphatic imine (C=N–C) groups is 2. The van der Waals surface area contributed by atoms with Gasteiger partial charge in [0, 0.05) is 38.1 Å². The maximum atomic E-state index is 14.5. The van der Waals surface area contributed by atoms with Crippen molar-refractivity contribution in [1.29, 1.82) is 0 Å². The van der Waals surface area contributed by atoms with E-state index in [1.54, 1.807) is 20.8 Å². The van der Waals surface area contributed by atoms with E-state index in [0.717, 1.165) is 28.5 Å². The zero-order valence-electron chi connectivity index (χ0n) is 42.5. The molecule has 0 bridgehead atoms. The molecule has 0 aromatic carbocycles. The van der Waals surface area contributed by atoms with E-state index in [1.165, 1.54) is 4.90 Å². The van der Waals surface area contributed by atoms with Gasteiger partial charge >= 0.3 is 0 Å². The first-order valence-corrected chi connectivity index (χ1v) is 26.5. The number of hydrogen-bond donors (Lipinski definition) is 15. The van der Waals surface area contributed by atoms with Gasteiger partial charge in [-0.2, -0.15) is 0 Å². The van der Waals surface area contributed by atoms with Crippen LogP contribution in [-0.2, 0) is 52.7 Å². The molecule has 0 spiro atoms. The van der Waals surface area contributed by atoms with E-state index in [-0.39, 0.29) is 75.2 Å². The Morgan fingerprint density at radius 1 is 0.730 bits per heavy atom. The molecule has 2 rings (SSSR count). The molecule has 0 saturated carbocycles. The number of nitrogens with two attached hydrogens (primary N) is 7. The fourth-order valence-electron chi connectivity index (χ4n) is 7.23. The number of carbonyl (C=O) groups excluding carboxylic acids is 10. The molecule has 2 fully saturated rings. The van der Waals surface area contributed by atoms with Crippen LogP contribution in [0.1, 0.15) is 92.4 Å². The fourth-order valence-corrected chi connectivity index (χ4v) is 9.50. The van der Waals surface area contributed by atoms with Crippen LogP contribution in [0.4, 0.5) is 0 Å². The van der Waals surface area contributed by atoms with Crippen molar-refractivity contribution in [2.24, 2.45) is 62.0 Å². The standard InChI is InChI=1S/C41H73N17O10S2.C2H4O2/c1-5-20(3)30-37(66)53-24(11-8-14-50-41(47)48)34(63)54-25(16-28(43)59)35(64)55-26(19-70-69-18-22(42)32(61)56-31(21(4)6-2)38(67)57-30)39(68)58-15-9-12-27(58)36(65)52-23(10-7-13-49-40(45)46)33(62)51-17-29(44)60;1-2(3)4/h20-27,30-31H,5-19,42H2,1-4H3,(H2,43,59)(H2,44,60)(H,51,62)(H,52,65)(H,53,66)(H,54,63)(H,55,64)(H,56,61)(H,57,67)(H4,45,46,49)(H4,47,48,50);1H3,(H,3,4). The number of rotatable bonds is 20. The summed E-state index contributed by atoms with van der Waals surface area (Å²) in [5, 5.41) is 25.6. The highest BCUT2D eigenvalue weighted by Gasteiger charge is 2.41. The molecule has 29 nitrogen and oxygen atoms in total. The summed E-state index contributed by atoms with van der Waals surface area (Å²) in [6.45, 7) is 7.83. The average molecular weight is 1090 g/mol. The molecule has 10 atom stereocenters. The van der Waals surface area contributed by atoms with Gasteiger partial charge in [0.25, 0.3) is 5.97 Å². The van der Waals surface area contributed by atoms with Gasteiger partial charge < -0.3 is 87.4 Å². The smallest absolute Gasteiger partial charge is 0.300 e. The molecule has 31 heteroatoms. The van der Waals surface area contributed by atoms with Crippen LogP contribution in [0.5, 0.6) is 0 Å². The zero-order valence-corrected chi connectivity index (χ0v) is 44.2. The van der Waals surface area contributed by atoms with Crippen molar-refractivity contribution in [3.8, 4) is 0 Å². The first-order chi connectivity index (χ1) is 34.7. The minimum absolute atomic E-state index is 0.0260. The lowest BCUT2D eigenvalue weighted by molar-refractivity contribution is -0.142. The lowest BCUT2D eigenvalue weighted by atomic mass is 9.94. The molecule has 0 aliphatic carbocycles. The Bertz CT molecular complexity index is 2020. The third-order valence-corrected chi connectivity index (χ3v) is 14.0. The van der Waals surface area contributed by atoms with Gasteiger partial charge in [-0.15, -0.1) is 0 Å². The number of nitrogens with zero attached hydrogens (tertiary/aromatic N) is 3. The van der Waals surface area contributed by atoms with E-state index < -0.39 is 138 Å². The minimum Gasteiger partial charge on any atom is -0.481 e. The highest BCUT2D eigenvalue weighted by atomic mass is 33.1. The molecule has 10 unspecified atom stereocenters. The summed E-state index contributed by atoms with van der Waals surface area (Å²) in [7, 11) is 2.11. The summed E-state index contributed by atoms with van der Waals surface area (Å²) in [6, 6.07) is -10.4. The highest BCUT2D eigenvalue weighted by Crippen LogP contribution is 2.26. The molecular formula is C43H77N17O12S2. The highest BCUT2D eigenvalue weighted by molar-refractivity contribution is 8.76. The van der Waals surface area contributed by atoms with Crippen molar-refractivity contribution >= 4 is 98.5 Å². The minimum atomic E-state index is -1.70. The Hall–Kier alpha value is -6.63. The van der Waals surface area contributed by atoms with Crippen LogP contribution in [0.3, 0.4) is 0 Å². The van der Waals surface area contributed by atoms with Crippen LogP contribution in [0.15, 0.2) is 9.98 Å². The monoisotopic (exact) mass is 1090 g/mol. The van der Waals surface area contributed by atoms with E-state index in [9.17, 15) is 47.9 Å². The molecule has 74 heavy (non-hydrogen) atoms. The van der Waals surface area contributed by atoms with Crippen molar-refractivity contribution in [3.05, 3.63) is 0 Å². The number of amides is 10. The number of aliphatic carboxylic acids is 1. The first kappa shape index (κ1) is 65.4. The number of hydrogen-bond acceptors (Lipinski definition) is 16. The quantitative estimate of drug-likeness (QED) is 0.0234. The van der Waals surface area contributed by atoms with Gasteiger partial charge in [-0.05, 0) is 50.4 Å². The largest absolute Gasteiger partial charge is 0.481 e. The molecule has 2 saturated heterocycles. The van der Waals surface area contributed by atoms with E-state index in [0.29, 0.717) is 19.3 Å². The Morgan fingerprint density at radius 3 is 1.78 bits per heavy atom. The number of nitrogens with one attached hydrogen (secondary N) is 7. The zero-order chi connectivity index (χ0) is 56.2. The summed E-state index contributed by atoms with van der Waals surface area (Å²) in [5.41, 5.74) is 38.9. The second-order valence-electron chi connectivity index (χ2n) is 17.6. The Balaban J connectivity index is 0.00000658. The number of carboxylic acid groups (broad SMARTS) is 1. The van der Waals surface area contributed by atoms with E-state index in [2.05, 4.69) is 47.2 Å². The van der Waals surface area contributed by atoms with E-state index in [1.807, 2.05) is 6.92 Å². The maximum Gasteiger partial charge on any atom is 0.300 e. The van der Waals surface area contributed by atoms with Crippen LogP contribution in [-0.4, -0.2) is 173 Å². The third-order valence-electron chi connectivity index (χ3n) is 11.6. The molecule has 10 amide bonds. The van der Waals surface area contributed by atoms with Crippen molar-refractivity contribution < 1.29 is 57.8 Å². The van der Waals surface area contributed by atoms with Gasteiger partial charge in [-0.1, -0.05) is 62.1 Å². The number of likely N-dealkylation sites (tertiary alicyclic amines) is 1. The van der Waals surface area contributed by atoms with Gasteiger partial charge in [-0.3, -0.25) is 62.7 Å². The molecule has 2 aliphatic heterocycles. The number of guanidine groups is 2. The summed E-state index contributed by atoms with van der Waals surface area (Å²) in [6.07, 6.45) is 0.894. The number of carboxylic acids is 1. The SMILES string of the molecule is CC(=O)O.CCC(C)C1NC(=O)C(N)CSSCC(C(=O)N2CCCC2C(=O)NC(CCCN=C(N)N)C(=O)NCC(N)=O)NC(=O)C(CC(N)=O)NC(=O)C(CCCN=C(N)N)NC(=O)C(C(C)CC)NC1=O. The van der Waals surface area contributed by atoms with Gasteiger partial charge in [0.1, 0.15) is 42.3 Å². The molecule has 0 aromatic heterocycles. The number of primary amides is 2. The Morgan fingerprint density at radius 2 is 1.24 bits per heavy atom. The third kappa shape index (κ3) is 24.4. The summed E-state index contributed by atoms with van der Waals surface area (Å²) < 4.78 is 0. The normalized spacial score (nSPS) is 23.4. The molecule has 0 aromatic rings. The molecular weight excluding hydrogens is 1010 g/mol. The second-order valence-corrected chi connectivity index (χ2v) is 20.2. The molecule has 2 aliphatic rings. The van der Waals surface area contributed by atoms with Gasteiger partial charge in [0.05, 0.1) is 19.0 Å². The lowest BCUT2D eigenvalue weighted by Gasteiger charge is -2.31. The van der Waals surface area contributed by atoms with Crippen LogP contribution >= 0.6 is 21.6 Å². The summed E-state index contributed by atoms with van der Waals surface area (Å²) in [5.74, 6) is -10.5. The van der Waals surface area contributed by atoms with Crippen molar-refractivity contribution in [2.45, 2.75) is 141 Å². The van der Waals surface area contributed by atoms with Crippen LogP contribution in [0, 0.1) is 11.8 Å². The lowest BCUT2D eigenvalue weighted by Crippen LogP contribution is -2.62. The van der Waals surface area contributed by atoms with Gasteiger partial charge in [-0.25, -0.2) is 0 Å². The van der Waals surface area contributed by atoms with Gasteiger partial charge in [0.15, 0.2) is 11.9 Å². The van der Waals surface area contributed by atoms with Crippen LogP contribution < -0.4 is 77.4 Å². The predicted octanol–water partition coefficient (Wildman–Crippen LogP) is -5.62. The second kappa shape index (κ2) is 34.0. The average Bonchev–Trinajstić information content (AvgIpc) is 3.83. The van der Waals surface area contributed by atoms with Crippen molar-refractivity contribution in [3.63, 3.8) is 0 Å². The molecule has 0 radical (unpaired) electrons. The van der Waals surface area contributed by atoms with E-state index in [4.69, 9.17) is 50.0 Å². The maximum absolute atomic E-state index is 14.5. The topological polar surface area (TPSA) is 502 Å². The molecule has 418 valence electrons. The summed E-state index contributed by atoms with van der Waals surface area (Å²) >= 11 is 0. The molecule has 22 N–H and O–H groups in total. The van der Waals surface area contributed by atoms with Gasteiger partial charge in [0.2, 0.25) is 59.1 Å². The fraction of sp³-hybridized carbons (Fsp3) is 0.698. The molecule has 2 heterocycles. The van der Waals surface area contributed by atoms with Crippen molar-refractivity contribution in [1.82, 2.24) is 42.1 Å². The van der Waals surface area contributed by atoms with Crippen LogP contribution in [0.25, 0.3) is 0 Å².